The molecular weight excluding hydrogens is 456 g/mol. The number of likely N-dealkylation sites (tertiary alicyclic amines) is 1. The lowest BCUT2D eigenvalue weighted by molar-refractivity contribution is -0.104. The number of nitrogens with zero attached hydrogens (tertiary/aromatic N) is 1. The maximum absolute atomic E-state index is 11.6. The number of carbonyl (C=O) groups is 2. The number of rotatable bonds is 8. The Morgan fingerprint density at radius 1 is 0.919 bits per heavy atom. The third-order valence-corrected chi connectivity index (χ3v) is 7.05. The number of carbonyl (C=O) groups excluding carboxylic acids is 2. The highest BCUT2D eigenvalue weighted by Gasteiger charge is 2.18. The maximum Gasteiger partial charge on any atom is 0.185 e. The standard InChI is InChI=1S/C16H18O2.C14H22N2.C3H8/c17-12-4-7-16(18)15-10-8-14(9-11-15)13-5-2-1-3-6-13;1-15-11-13-7-9-16(10-8-13)12-14-5-3-2-4-6-14;1-3-2/h4,7-13H,1-3,5-6H2;2-6,13,15H,7-12H2,1H3;3H2,1-2H3/b7-4+;;. The van der Waals surface area contributed by atoms with Gasteiger partial charge in [0.25, 0.3) is 0 Å². The van der Waals surface area contributed by atoms with E-state index in [1.54, 1.807) is 0 Å². The Hall–Kier alpha value is -2.56. The van der Waals surface area contributed by atoms with Gasteiger partial charge in [0.15, 0.2) is 5.78 Å². The number of benzene rings is 2. The Bertz CT molecular complexity index is 894. The van der Waals surface area contributed by atoms with Crippen LogP contribution in [-0.4, -0.2) is 43.7 Å². The monoisotopic (exact) mass is 504 g/mol. The van der Waals surface area contributed by atoms with Crippen LogP contribution in [0.2, 0.25) is 0 Å². The highest BCUT2D eigenvalue weighted by molar-refractivity contribution is 6.05. The van der Waals surface area contributed by atoms with Gasteiger partial charge in [-0.25, -0.2) is 0 Å². The van der Waals surface area contributed by atoms with E-state index in [2.05, 4.69) is 73.6 Å². The van der Waals surface area contributed by atoms with Crippen molar-refractivity contribution in [1.82, 2.24) is 10.2 Å². The zero-order valence-corrected chi connectivity index (χ0v) is 23.3. The van der Waals surface area contributed by atoms with Crippen molar-refractivity contribution < 1.29 is 9.59 Å². The van der Waals surface area contributed by atoms with Gasteiger partial charge in [-0.2, -0.15) is 0 Å². The van der Waals surface area contributed by atoms with Gasteiger partial charge in [0.2, 0.25) is 0 Å². The van der Waals surface area contributed by atoms with Crippen LogP contribution < -0.4 is 5.32 Å². The summed E-state index contributed by atoms with van der Waals surface area (Å²) >= 11 is 0. The fourth-order valence-corrected chi connectivity index (χ4v) is 5.06. The van der Waals surface area contributed by atoms with Crippen LogP contribution in [0.15, 0.2) is 66.7 Å². The summed E-state index contributed by atoms with van der Waals surface area (Å²) in [7, 11) is 2.05. The first kappa shape index (κ1) is 30.7. The predicted octanol–water partition coefficient (Wildman–Crippen LogP) is 7.21. The second-order valence-corrected chi connectivity index (χ2v) is 10.3. The zero-order chi connectivity index (χ0) is 26.7. The van der Waals surface area contributed by atoms with Gasteiger partial charge in [-0.3, -0.25) is 14.5 Å². The molecule has 2 fully saturated rings. The Morgan fingerprint density at radius 2 is 1.54 bits per heavy atom. The summed E-state index contributed by atoms with van der Waals surface area (Å²) in [5.74, 6) is 1.43. The molecule has 202 valence electrons. The molecule has 0 amide bonds. The average Bonchev–Trinajstić information content (AvgIpc) is 2.95. The van der Waals surface area contributed by atoms with Crippen molar-refractivity contribution in [3.63, 3.8) is 0 Å². The van der Waals surface area contributed by atoms with Crippen molar-refractivity contribution in [1.29, 1.82) is 0 Å². The smallest absolute Gasteiger partial charge is 0.185 e. The molecule has 4 heteroatoms. The van der Waals surface area contributed by atoms with Crippen molar-refractivity contribution in [2.75, 3.05) is 26.7 Å². The Morgan fingerprint density at radius 3 is 2.11 bits per heavy atom. The van der Waals surface area contributed by atoms with Crippen molar-refractivity contribution in [2.24, 2.45) is 5.92 Å². The van der Waals surface area contributed by atoms with Crippen molar-refractivity contribution in [2.45, 2.75) is 77.7 Å². The number of hydrogen-bond donors (Lipinski definition) is 1. The molecule has 1 aliphatic carbocycles. The lowest BCUT2D eigenvalue weighted by Gasteiger charge is -2.31. The van der Waals surface area contributed by atoms with E-state index in [1.165, 1.54) is 94.3 Å². The molecule has 1 N–H and O–H groups in total. The van der Waals surface area contributed by atoms with E-state index in [9.17, 15) is 9.59 Å². The lowest BCUT2D eigenvalue weighted by Crippen LogP contribution is -2.36. The molecular formula is C33H48N2O2. The Balaban J connectivity index is 0.000000237. The van der Waals surface area contributed by atoms with E-state index < -0.39 is 0 Å². The fourth-order valence-electron chi connectivity index (χ4n) is 5.06. The summed E-state index contributed by atoms with van der Waals surface area (Å²) in [5, 5.41) is 3.28. The summed E-state index contributed by atoms with van der Waals surface area (Å²) in [6, 6.07) is 18.6. The topological polar surface area (TPSA) is 49.4 Å². The van der Waals surface area contributed by atoms with Gasteiger partial charge in [0.1, 0.15) is 6.29 Å². The van der Waals surface area contributed by atoms with Crippen LogP contribution in [0, 0.1) is 5.92 Å². The number of aldehydes is 1. The minimum Gasteiger partial charge on any atom is -0.319 e. The number of nitrogens with one attached hydrogen (secondary N) is 1. The van der Waals surface area contributed by atoms with Crippen LogP contribution in [-0.2, 0) is 11.3 Å². The molecule has 2 aromatic rings. The summed E-state index contributed by atoms with van der Waals surface area (Å²) in [5.41, 5.74) is 3.42. The highest BCUT2D eigenvalue weighted by atomic mass is 16.1. The summed E-state index contributed by atoms with van der Waals surface area (Å²) < 4.78 is 0. The minimum atomic E-state index is -0.114. The zero-order valence-electron chi connectivity index (χ0n) is 23.3. The molecule has 0 radical (unpaired) electrons. The quantitative estimate of drug-likeness (QED) is 0.234. The van der Waals surface area contributed by atoms with Crippen molar-refractivity contribution in [3.05, 3.63) is 83.4 Å². The van der Waals surface area contributed by atoms with E-state index in [4.69, 9.17) is 0 Å². The number of ketones is 1. The normalized spacial score (nSPS) is 16.8. The van der Waals surface area contributed by atoms with Gasteiger partial charge in [0, 0.05) is 12.1 Å². The third-order valence-electron chi connectivity index (χ3n) is 7.05. The molecule has 4 nitrogen and oxygen atoms in total. The predicted molar refractivity (Wildman–Crippen MR) is 156 cm³/mol. The molecule has 4 rings (SSSR count). The van der Waals surface area contributed by atoms with Crippen LogP contribution in [0.25, 0.3) is 0 Å². The minimum absolute atomic E-state index is 0.114. The molecule has 0 spiro atoms. The molecule has 37 heavy (non-hydrogen) atoms. The summed E-state index contributed by atoms with van der Waals surface area (Å²) in [4.78, 5) is 24.4. The molecule has 2 aliphatic rings. The van der Waals surface area contributed by atoms with Gasteiger partial charge in [-0.15, -0.1) is 0 Å². The van der Waals surface area contributed by atoms with Crippen LogP contribution >= 0.6 is 0 Å². The third kappa shape index (κ3) is 12.0. The number of hydrogen-bond acceptors (Lipinski definition) is 4. The SMILES string of the molecule is CCC.CNCC1CCN(Cc2ccccc2)CC1.O=C/C=C/C(=O)c1ccc(C2CCCCC2)cc1. The first-order valence-corrected chi connectivity index (χ1v) is 14.3. The van der Waals surface area contributed by atoms with E-state index in [-0.39, 0.29) is 5.78 Å². The fraction of sp³-hybridized carbons (Fsp3) is 0.515. The van der Waals surface area contributed by atoms with Crippen LogP contribution in [0.3, 0.4) is 0 Å². The highest BCUT2D eigenvalue weighted by Crippen LogP contribution is 2.32. The molecule has 0 atom stereocenters. The first-order valence-electron chi connectivity index (χ1n) is 14.3. The molecule has 1 saturated carbocycles. The van der Waals surface area contributed by atoms with E-state index in [0.717, 1.165) is 12.5 Å². The number of allylic oxidation sites excluding steroid dienone is 2. The van der Waals surface area contributed by atoms with Crippen LogP contribution in [0.1, 0.15) is 92.6 Å². The van der Waals surface area contributed by atoms with Gasteiger partial charge < -0.3 is 5.32 Å². The largest absolute Gasteiger partial charge is 0.319 e. The lowest BCUT2D eigenvalue weighted by atomic mass is 9.84. The van der Waals surface area contributed by atoms with E-state index in [0.29, 0.717) is 17.8 Å². The van der Waals surface area contributed by atoms with Gasteiger partial charge in [-0.1, -0.05) is 94.1 Å². The molecule has 0 bridgehead atoms. The molecule has 1 saturated heterocycles. The van der Waals surface area contributed by atoms with Gasteiger partial charge in [0.05, 0.1) is 0 Å². The van der Waals surface area contributed by atoms with E-state index in [1.807, 2.05) is 12.1 Å². The Kier molecular flexibility index (Phi) is 15.5. The van der Waals surface area contributed by atoms with Gasteiger partial charge >= 0.3 is 0 Å². The molecule has 0 aromatic heterocycles. The number of piperidine rings is 1. The first-order chi connectivity index (χ1) is 18.1. The maximum atomic E-state index is 11.6. The van der Waals surface area contributed by atoms with Crippen LogP contribution in [0.4, 0.5) is 0 Å². The Labute approximate surface area is 225 Å². The molecule has 1 aliphatic heterocycles. The van der Waals surface area contributed by atoms with Crippen molar-refractivity contribution in [3.8, 4) is 0 Å². The molecule has 2 aromatic carbocycles. The second-order valence-electron chi connectivity index (χ2n) is 10.3. The second kappa shape index (κ2) is 18.6. The van der Waals surface area contributed by atoms with E-state index >= 15 is 0 Å². The summed E-state index contributed by atoms with van der Waals surface area (Å²) in [6.45, 7) is 9.05. The average molecular weight is 505 g/mol. The molecule has 0 unspecified atom stereocenters. The molecule has 1 heterocycles. The van der Waals surface area contributed by atoms with Crippen LogP contribution in [0.5, 0.6) is 0 Å². The van der Waals surface area contributed by atoms with Crippen molar-refractivity contribution >= 4 is 12.1 Å². The van der Waals surface area contributed by atoms with Gasteiger partial charge in [-0.05, 0) is 87.5 Å². The summed E-state index contributed by atoms with van der Waals surface area (Å²) in [6.07, 6.45) is 13.6.